The first kappa shape index (κ1) is 21.2. The minimum absolute atomic E-state index is 0.0713. The van der Waals surface area contributed by atoms with Crippen LogP contribution in [0.3, 0.4) is 0 Å². The molecule has 0 aliphatic carbocycles. The summed E-state index contributed by atoms with van der Waals surface area (Å²) >= 11 is 5.94. The number of amides is 1. The number of halogens is 1. The second-order valence-corrected chi connectivity index (χ2v) is 6.30. The lowest BCUT2D eigenvalue weighted by Gasteiger charge is -2.14. The number of nitrogens with one attached hydrogen (secondary N) is 1. The Morgan fingerprint density at radius 3 is 2.50 bits per heavy atom. The SMILES string of the molecule is COc1ccc(CCC(=O)OC(C)C(=O)Nc2cc([N+](=O)[O-])ccc2Cl)cc1. The first-order chi connectivity index (χ1) is 13.3. The Labute approximate surface area is 166 Å². The molecule has 0 heterocycles. The van der Waals surface area contributed by atoms with Crippen LogP contribution in [0.1, 0.15) is 18.9 Å². The molecule has 2 aromatic carbocycles. The van der Waals surface area contributed by atoms with Crippen molar-refractivity contribution in [2.45, 2.75) is 25.9 Å². The molecular formula is C19H19ClN2O6. The summed E-state index contributed by atoms with van der Waals surface area (Å²) in [6, 6.07) is 10.9. The lowest BCUT2D eigenvalue weighted by atomic mass is 10.1. The molecule has 1 unspecified atom stereocenters. The van der Waals surface area contributed by atoms with E-state index in [0.717, 1.165) is 17.4 Å². The van der Waals surface area contributed by atoms with Crippen LogP contribution < -0.4 is 10.1 Å². The first-order valence-electron chi connectivity index (χ1n) is 8.37. The lowest BCUT2D eigenvalue weighted by Crippen LogP contribution is -2.30. The Morgan fingerprint density at radius 1 is 1.21 bits per heavy atom. The predicted octanol–water partition coefficient (Wildman–Crippen LogP) is 3.76. The number of carbonyl (C=O) groups excluding carboxylic acids is 2. The fraction of sp³-hybridized carbons (Fsp3) is 0.263. The van der Waals surface area contributed by atoms with Crippen molar-refractivity contribution in [2.75, 3.05) is 12.4 Å². The van der Waals surface area contributed by atoms with E-state index in [4.69, 9.17) is 21.1 Å². The van der Waals surface area contributed by atoms with Gasteiger partial charge >= 0.3 is 5.97 Å². The molecule has 28 heavy (non-hydrogen) atoms. The summed E-state index contributed by atoms with van der Waals surface area (Å²) in [5.41, 5.74) is 0.782. The normalized spacial score (nSPS) is 11.4. The van der Waals surface area contributed by atoms with Crippen molar-refractivity contribution in [3.63, 3.8) is 0 Å². The van der Waals surface area contributed by atoms with Crippen molar-refractivity contribution in [3.05, 3.63) is 63.2 Å². The number of anilines is 1. The third-order valence-electron chi connectivity index (χ3n) is 3.87. The maximum atomic E-state index is 12.2. The number of benzene rings is 2. The molecule has 2 aromatic rings. The van der Waals surface area contributed by atoms with Gasteiger partial charge in [-0.1, -0.05) is 23.7 Å². The van der Waals surface area contributed by atoms with Crippen molar-refractivity contribution in [3.8, 4) is 5.75 Å². The molecular weight excluding hydrogens is 388 g/mol. The molecule has 0 fully saturated rings. The topological polar surface area (TPSA) is 108 Å². The van der Waals surface area contributed by atoms with Crippen LogP contribution in [0.15, 0.2) is 42.5 Å². The summed E-state index contributed by atoms with van der Waals surface area (Å²) in [5, 5.41) is 13.4. The molecule has 0 spiro atoms. The van der Waals surface area contributed by atoms with Crippen molar-refractivity contribution < 1.29 is 24.0 Å². The van der Waals surface area contributed by atoms with Gasteiger partial charge in [-0.15, -0.1) is 0 Å². The molecule has 0 aromatic heterocycles. The third-order valence-corrected chi connectivity index (χ3v) is 4.20. The van der Waals surface area contributed by atoms with E-state index in [1.165, 1.54) is 19.1 Å². The van der Waals surface area contributed by atoms with Gasteiger partial charge < -0.3 is 14.8 Å². The minimum atomic E-state index is -1.08. The highest BCUT2D eigenvalue weighted by molar-refractivity contribution is 6.33. The van der Waals surface area contributed by atoms with Crippen molar-refractivity contribution in [1.29, 1.82) is 0 Å². The van der Waals surface area contributed by atoms with Crippen LogP contribution in [-0.2, 0) is 20.7 Å². The fourth-order valence-electron chi connectivity index (χ4n) is 2.31. The summed E-state index contributed by atoms with van der Waals surface area (Å²) in [5.74, 6) is -0.458. The summed E-state index contributed by atoms with van der Waals surface area (Å²) in [7, 11) is 1.57. The fourth-order valence-corrected chi connectivity index (χ4v) is 2.47. The zero-order valence-electron chi connectivity index (χ0n) is 15.3. The molecule has 1 N–H and O–H groups in total. The molecule has 1 amide bonds. The number of nitro groups is 1. The van der Waals surface area contributed by atoms with Crippen LogP contribution in [0, 0.1) is 10.1 Å². The van der Waals surface area contributed by atoms with Crippen LogP contribution in [0.4, 0.5) is 11.4 Å². The van der Waals surface area contributed by atoms with Gasteiger partial charge in [0, 0.05) is 18.6 Å². The van der Waals surface area contributed by atoms with Crippen molar-refractivity contribution in [2.24, 2.45) is 0 Å². The quantitative estimate of drug-likeness (QED) is 0.406. The Kier molecular flexibility index (Phi) is 7.34. The molecule has 0 saturated carbocycles. The number of nitrogens with zero attached hydrogens (tertiary/aromatic N) is 1. The van der Waals surface area contributed by atoms with Gasteiger partial charge in [-0.05, 0) is 37.1 Å². The molecule has 0 aliphatic rings. The Balaban J connectivity index is 1.88. The summed E-state index contributed by atoms with van der Waals surface area (Å²) in [6.45, 7) is 1.41. The highest BCUT2D eigenvalue weighted by Gasteiger charge is 2.20. The van der Waals surface area contributed by atoms with Gasteiger partial charge in [0.25, 0.3) is 11.6 Å². The lowest BCUT2D eigenvalue weighted by molar-refractivity contribution is -0.384. The van der Waals surface area contributed by atoms with Crippen molar-refractivity contribution in [1.82, 2.24) is 0 Å². The second kappa shape index (κ2) is 9.70. The number of hydrogen-bond donors (Lipinski definition) is 1. The number of methoxy groups -OCH3 is 1. The van der Waals surface area contributed by atoms with E-state index in [9.17, 15) is 19.7 Å². The smallest absolute Gasteiger partial charge is 0.306 e. The maximum absolute atomic E-state index is 12.2. The average Bonchev–Trinajstić information content (AvgIpc) is 2.68. The van der Waals surface area contributed by atoms with Gasteiger partial charge in [-0.3, -0.25) is 19.7 Å². The standard InChI is InChI=1S/C19H19ClN2O6/c1-12(19(24)21-17-11-14(22(25)26)6-9-16(17)20)28-18(23)10-5-13-3-7-15(27-2)8-4-13/h3-4,6-9,11-12H,5,10H2,1-2H3,(H,21,24). The molecule has 9 heteroatoms. The van der Waals surface area contributed by atoms with Gasteiger partial charge in [0.15, 0.2) is 6.10 Å². The van der Waals surface area contributed by atoms with E-state index < -0.39 is 22.9 Å². The Morgan fingerprint density at radius 2 is 1.89 bits per heavy atom. The number of nitro benzene ring substituents is 1. The van der Waals surface area contributed by atoms with Crippen LogP contribution in [-0.4, -0.2) is 30.0 Å². The van der Waals surface area contributed by atoms with Gasteiger partial charge in [-0.25, -0.2) is 0 Å². The molecule has 0 bridgehead atoms. The zero-order valence-corrected chi connectivity index (χ0v) is 16.1. The summed E-state index contributed by atoms with van der Waals surface area (Å²) in [4.78, 5) is 34.4. The third kappa shape index (κ3) is 5.95. The molecule has 8 nitrogen and oxygen atoms in total. The number of carbonyl (C=O) groups is 2. The van der Waals surface area contributed by atoms with Crippen LogP contribution >= 0.6 is 11.6 Å². The van der Waals surface area contributed by atoms with E-state index in [1.54, 1.807) is 19.2 Å². The molecule has 148 valence electrons. The number of non-ortho nitro benzene ring substituents is 1. The highest BCUT2D eigenvalue weighted by atomic mass is 35.5. The van der Waals surface area contributed by atoms with Crippen molar-refractivity contribution >= 4 is 34.9 Å². The van der Waals surface area contributed by atoms with E-state index in [0.29, 0.717) is 6.42 Å². The van der Waals surface area contributed by atoms with Crippen LogP contribution in [0.25, 0.3) is 0 Å². The van der Waals surface area contributed by atoms with Gasteiger partial charge in [-0.2, -0.15) is 0 Å². The molecule has 0 saturated heterocycles. The number of rotatable bonds is 8. The summed E-state index contributed by atoms with van der Waals surface area (Å²) < 4.78 is 10.2. The maximum Gasteiger partial charge on any atom is 0.306 e. The molecule has 1 atom stereocenters. The predicted molar refractivity (Wildman–Crippen MR) is 104 cm³/mol. The Hall–Kier alpha value is -3.13. The number of hydrogen-bond acceptors (Lipinski definition) is 6. The molecule has 0 radical (unpaired) electrons. The van der Waals surface area contributed by atoms with Gasteiger partial charge in [0.2, 0.25) is 0 Å². The molecule has 2 rings (SSSR count). The zero-order chi connectivity index (χ0) is 20.7. The Bertz CT molecular complexity index is 869. The van der Waals surface area contributed by atoms with Crippen LogP contribution in [0.2, 0.25) is 5.02 Å². The second-order valence-electron chi connectivity index (χ2n) is 5.89. The number of ether oxygens (including phenoxy) is 2. The van der Waals surface area contributed by atoms with E-state index in [1.807, 2.05) is 12.1 Å². The van der Waals surface area contributed by atoms with Gasteiger partial charge in [0.1, 0.15) is 5.75 Å². The van der Waals surface area contributed by atoms with Gasteiger partial charge in [0.05, 0.1) is 22.7 Å². The van der Waals surface area contributed by atoms with E-state index in [2.05, 4.69) is 5.32 Å². The average molecular weight is 407 g/mol. The number of aryl methyl sites for hydroxylation is 1. The monoisotopic (exact) mass is 406 g/mol. The largest absolute Gasteiger partial charge is 0.497 e. The number of esters is 1. The first-order valence-corrected chi connectivity index (χ1v) is 8.75. The summed E-state index contributed by atoms with van der Waals surface area (Å²) in [6.07, 6.45) is -0.534. The van der Waals surface area contributed by atoms with Crippen LogP contribution in [0.5, 0.6) is 5.75 Å². The van der Waals surface area contributed by atoms with E-state index >= 15 is 0 Å². The minimum Gasteiger partial charge on any atom is -0.497 e. The van der Waals surface area contributed by atoms with E-state index in [-0.39, 0.29) is 22.8 Å². The highest BCUT2D eigenvalue weighted by Crippen LogP contribution is 2.26. The molecule has 0 aliphatic heterocycles.